The van der Waals surface area contributed by atoms with Crippen molar-refractivity contribution in [2.75, 3.05) is 32.8 Å². The maximum absolute atomic E-state index is 12.2. The monoisotopic (exact) mass is 279 g/mol. The Morgan fingerprint density at radius 1 is 1.61 bits per heavy atom. The van der Waals surface area contributed by atoms with Crippen LogP contribution in [0.25, 0.3) is 0 Å². The topological polar surface area (TPSA) is 102 Å². The zero-order chi connectivity index (χ0) is 13.8. The largest absolute Gasteiger partial charge is 0.378 e. The van der Waals surface area contributed by atoms with E-state index in [2.05, 4.69) is 5.32 Å². The third kappa shape index (κ3) is 3.19. The van der Waals surface area contributed by atoms with Crippen molar-refractivity contribution in [3.63, 3.8) is 0 Å². The summed E-state index contributed by atoms with van der Waals surface area (Å²) in [4.78, 5) is 11.8. The summed E-state index contributed by atoms with van der Waals surface area (Å²) in [5.74, 6) is -0.329. The SMILES string of the molecule is CCNC(=O)C1COCCN1S(=O)(=O)C(C)CN. The lowest BCUT2D eigenvalue weighted by Gasteiger charge is -2.35. The van der Waals surface area contributed by atoms with Crippen molar-refractivity contribution in [3.8, 4) is 0 Å². The molecule has 0 radical (unpaired) electrons. The van der Waals surface area contributed by atoms with Gasteiger partial charge in [-0.1, -0.05) is 0 Å². The second-order valence-electron chi connectivity index (χ2n) is 4.19. The van der Waals surface area contributed by atoms with Gasteiger partial charge in [0.1, 0.15) is 6.04 Å². The third-order valence-electron chi connectivity index (χ3n) is 2.90. The van der Waals surface area contributed by atoms with E-state index in [9.17, 15) is 13.2 Å². The van der Waals surface area contributed by atoms with E-state index >= 15 is 0 Å². The second kappa shape index (κ2) is 6.46. The molecule has 3 N–H and O–H groups in total. The zero-order valence-corrected chi connectivity index (χ0v) is 11.6. The normalized spacial score (nSPS) is 23.6. The van der Waals surface area contributed by atoms with Gasteiger partial charge in [0.2, 0.25) is 15.9 Å². The fourth-order valence-corrected chi connectivity index (χ4v) is 3.29. The predicted molar refractivity (Wildman–Crippen MR) is 67.4 cm³/mol. The lowest BCUT2D eigenvalue weighted by Crippen LogP contribution is -2.58. The number of rotatable bonds is 5. The minimum absolute atomic E-state index is 0.0296. The quantitative estimate of drug-likeness (QED) is 0.638. The van der Waals surface area contributed by atoms with Crippen LogP contribution >= 0.6 is 0 Å². The van der Waals surface area contributed by atoms with E-state index in [0.717, 1.165) is 0 Å². The van der Waals surface area contributed by atoms with Gasteiger partial charge in [-0.05, 0) is 13.8 Å². The van der Waals surface area contributed by atoms with Gasteiger partial charge in [-0.2, -0.15) is 4.31 Å². The molecule has 1 amide bonds. The molecule has 0 aliphatic carbocycles. The van der Waals surface area contributed by atoms with E-state index in [-0.39, 0.29) is 25.6 Å². The van der Waals surface area contributed by atoms with Gasteiger partial charge in [0, 0.05) is 19.6 Å². The molecule has 0 bridgehead atoms. The molecule has 1 aliphatic rings. The molecule has 1 rings (SSSR count). The molecule has 0 aromatic rings. The highest BCUT2D eigenvalue weighted by atomic mass is 32.2. The summed E-state index contributed by atoms with van der Waals surface area (Å²) in [5.41, 5.74) is 5.41. The Kier molecular flexibility index (Phi) is 5.51. The number of likely N-dealkylation sites (N-methyl/N-ethyl adjacent to an activating group) is 1. The molecule has 0 saturated carbocycles. The van der Waals surface area contributed by atoms with Crippen molar-refractivity contribution in [3.05, 3.63) is 0 Å². The summed E-state index contributed by atoms with van der Waals surface area (Å²) < 4.78 is 30.9. The van der Waals surface area contributed by atoms with Crippen molar-refractivity contribution in [2.24, 2.45) is 5.73 Å². The molecule has 1 heterocycles. The fourth-order valence-electron chi connectivity index (χ4n) is 1.74. The second-order valence-corrected chi connectivity index (χ2v) is 6.49. The molecule has 2 atom stereocenters. The maximum atomic E-state index is 12.2. The molecule has 0 spiro atoms. The molecule has 1 saturated heterocycles. The Bertz CT molecular complexity index is 385. The highest BCUT2D eigenvalue weighted by Crippen LogP contribution is 2.16. The maximum Gasteiger partial charge on any atom is 0.240 e. The summed E-state index contributed by atoms with van der Waals surface area (Å²) in [7, 11) is -3.56. The van der Waals surface area contributed by atoms with Crippen LogP contribution in [-0.2, 0) is 19.6 Å². The van der Waals surface area contributed by atoms with Crippen LogP contribution in [0.1, 0.15) is 13.8 Å². The van der Waals surface area contributed by atoms with E-state index in [4.69, 9.17) is 10.5 Å². The number of carbonyl (C=O) groups is 1. The Labute approximate surface area is 108 Å². The van der Waals surface area contributed by atoms with Crippen LogP contribution < -0.4 is 11.1 Å². The Balaban J connectivity index is 2.92. The number of nitrogens with zero attached hydrogens (tertiary/aromatic N) is 1. The highest BCUT2D eigenvalue weighted by molar-refractivity contribution is 7.89. The minimum atomic E-state index is -3.56. The first-order valence-electron chi connectivity index (χ1n) is 6.01. The average Bonchev–Trinajstić information content (AvgIpc) is 2.38. The van der Waals surface area contributed by atoms with E-state index < -0.39 is 21.3 Å². The summed E-state index contributed by atoms with van der Waals surface area (Å²) in [5, 5.41) is 1.92. The highest BCUT2D eigenvalue weighted by Gasteiger charge is 2.39. The molecule has 7 nitrogen and oxygen atoms in total. The Morgan fingerprint density at radius 3 is 2.83 bits per heavy atom. The number of hydrogen-bond acceptors (Lipinski definition) is 5. The van der Waals surface area contributed by atoms with Gasteiger partial charge in [-0.3, -0.25) is 4.79 Å². The van der Waals surface area contributed by atoms with Gasteiger partial charge in [0.15, 0.2) is 0 Å². The van der Waals surface area contributed by atoms with E-state index in [1.165, 1.54) is 4.31 Å². The van der Waals surface area contributed by atoms with Gasteiger partial charge in [0.05, 0.1) is 18.5 Å². The van der Waals surface area contributed by atoms with Crippen molar-refractivity contribution >= 4 is 15.9 Å². The summed E-state index contributed by atoms with van der Waals surface area (Å²) in [6, 6.07) is -0.794. The number of nitrogens with two attached hydrogens (primary N) is 1. The van der Waals surface area contributed by atoms with E-state index in [1.807, 2.05) is 0 Å². The van der Waals surface area contributed by atoms with Gasteiger partial charge in [-0.15, -0.1) is 0 Å². The standard InChI is InChI=1S/C10H21N3O4S/c1-3-12-10(14)9-7-17-5-4-13(9)18(15,16)8(2)6-11/h8-9H,3-7,11H2,1-2H3,(H,12,14). The van der Waals surface area contributed by atoms with E-state index in [1.54, 1.807) is 13.8 Å². The number of nitrogens with one attached hydrogen (secondary N) is 1. The van der Waals surface area contributed by atoms with Crippen LogP contribution in [0, 0.1) is 0 Å². The number of hydrogen-bond donors (Lipinski definition) is 2. The first kappa shape index (κ1) is 15.4. The number of sulfonamides is 1. The van der Waals surface area contributed by atoms with Gasteiger partial charge in [0.25, 0.3) is 0 Å². The number of carbonyl (C=O) groups excluding carboxylic acids is 1. The smallest absolute Gasteiger partial charge is 0.240 e. The number of amides is 1. The van der Waals surface area contributed by atoms with Gasteiger partial charge in [-0.25, -0.2) is 8.42 Å². The Hall–Kier alpha value is -0.700. The lowest BCUT2D eigenvalue weighted by atomic mass is 10.2. The molecule has 8 heteroatoms. The minimum Gasteiger partial charge on any atom is -0.378 e. The fraction of sp³-hybridized carbons (Fsp3) is 0.900. The molecule has 1 aliphatic heterocycles. The first-order valence-corrected chi connectivity index (χ1v) is 7.51. The summed E-state index contributed by atoms with van der Waals surface area (Å²) in [6.45, 7) is 4.38. The van der Waals surface area contributed by atoms with Crippen molar-refractivity contribution in [1.82, 2.24) is 9.62 Å². The molecular weight excluding hydrogens is 258 g/mol. The predicted octanol–water partition coefficient (Wildman–Crippen LogP) is -1.50. The van der Waals surface area contributed by atoms with Gasteiger partial charge >= 0.3 is 0 Å². The van der Waals surface area contributed by atoms with Crippen molar-refractivity contribution in [1.29, 1.82) is 0 Å². The number of morpholine rings is 1. The van der Waals surface area contributed by atoms with E-state index in [0.29, 0.717) is 13.2 Å². The van der Waals surface area contributed by atoms with Crippen LogP contribution in [0.15, 0.2) is 0 Å². The first-order chi connectivity index (χ1) is 8.45. The van der Waals surface area contributed by atoms with Crippen LogP contribution in [0.3, 0.4) is 0 Å². The molecular formula is C10H21N3O4S. The van der Waals surface area contributed by atoms with Crippen LogP contribution in [-0.4, -0.2) is 62.8 Å². The lowest BCUT2D eigenvalue weighted by molar-refractivity contribution is -0.129. The molecule has 0 aromatic carbocycles. The Morgan fingerprint density at radius 2 is 2.28 bits per heavy atom. The number of ether oxygens (including phenoxy) is 1. The van der Waals surface area contributed by atoms with Gasteiger partial charge < -0.3 is 15.8 Å². The zero-order valence-electron chi connectivity index (χ0n) is 10.8. The molecule has 0 aromatic heterocycles. The van der Waals surface area contributed by atoms with Crippen LogP contribution in [0.5, 0.6) is 0 Å². The molecule has 1 fully saturated rings. The van der Waals surface area contributed by atoms with Crippen LogP contribution in [0.4, 0.5) is 0 Å². The molecule has 106 valence electrons. The average molecular weight is 279 g/mol. The van der Waals surface area contributed by atoms with Crippen molar-refractivity contribution < 1.29 is 17.9 Å². The van der Waals surface area contributed by atoms with Crippen molar-refractivity contribution in [2.45, 2.75) is 25.1 Å². The summed E-state index contributed by atoms with van der Waals surface area (Å²) >= 11 is 0. The molecule has 2 unspecified atom stereocenters. The van der Waals surface area contributed by atoms with Crippen LogP contribution in [0.2, 0.25) is 0 Å². The third-order valence-corrected chi connectivity index (χ3v) is 5.20. The summed E-state index contributed by atoms with van der Waals surface area (Å²) in [6.07, 6.45) is 0. The molecule has 18 heavy (non-hydrogen) atoms.